The van der Waals surface area contributed by atoms with Gasteiger partial charge in [0.25, 0.3) is 0 Å². The first-order valence-electron chi connectivity index (χ1n) is 9.01. The van der Waals surface area contributed by atoms with Gasteiger partial charge in [0.05, 0.1) is 19.9 Å². The molecule has 1 aromatic carbocycles. The van der Waals surface area contributed by atoms with E-state index in [0.717, 1.165) is 33.9 Å². The van der Waals surface area contributed by atoms with Crippen molar-refractivity contribution in [2.24, 2.45) is 7.05 Å². The van der Waals surface area contributed by atoms with Gasteiger partial charge in [-0.15, -0.1) is 0 Å². The van der Waals surface area contributed by atoms with Crippen LogP contribution in [-0.4, -0.2) is 39.4 Å². The van der Waals surface area contributed by atoms with Gasteiger partial charge in [0.15, 0.2) is 0 Å². The van der Waals surface area contributed by atoms with Crippen molar-refractivity contribution in [2.75, 3.05) is 13.7 Å². The smallest absolute Gasteiger partial charge is 0.223 e. The van der Waals surface area contributed by atoms with Crippen LogP contribution in [0.25, 0.3) is 11.3 Å². The molecule has 2 aromatic heterocycles. The first-order valence-corrected chi connectivity index (χ1v) is 9.01. The van der Waals surface area contributed by atoms with Crippen LogP contribution in [0.4, 0.5) is 0 Å². The van der Waals surface area contributed by atoms with Crippen LogP contribution in [0.2, 0.25) is 0 Å². The molecule has 0 saturated heterocycles. The maximum Gasteiger partial charge on any atom is 0.223 e. The number of aryl methyl sites for hydroxylation is 2. The molecular weight excluding hydrogens is 344 g/mol. The predicted molar refractivity (Wildman–Crippen MR) is 99.1 cm³/mol. The van der Waals surface area contributed by atoms with E-state index in [-0.39, 0.29) is 5.91 Å². The van der Waals surface area contributed by atoms with E-state index in [2.05, 4.69) is 10.3 Å². The summed E-state index contributed by atoms with van der Waals surface area (Å²) in [5, 5.41) is 8.40. The van der Waals surface area contributed by atoms with Crippen molar-refractivity contribution in [3.05, 3.63) is 53.5 Å². The molecule has 0 atom stereocenters. The molecule has 0 bridgehead atoms. The van der Waals surface area contributed by atoms with Crippen molar-refractivity contribution in [3.63, 3.8) is 0 Å². The van der Waals surface area contributed by atoms with Gasteiger partial charge in [-0.2, -0.15) is 5.10 Å². The fourth-order valence-electron chi connectivity index (χ4n) is 3.43. The third-order valence-electron chi connectivity index (χ3n) is 4.91. The van der Waals surface area contributed by atoms with Crippen LogP contribution >= 0.6 is 0 Å². The Labute approximate surface area is 157 Å². The summed E-state index contributed by atoms with van der Waals surface area (Å²) in [6.07, 6.45) is 5.61. The highest BCUT2D eigenvalue weighted by Gasteiger charge is 2.27. The van der Waals surface area contributed by atoms with E-state index in [1.165, 1.54) is 0 Å². The molecule has 27 heavy (non-hydrogen) atoms. The number of hydrogen-bond acceptors (Lipinski definition) is 5. The number of methoxy groups -OCH3 is 1. The van der Waals surface area contributed by atoms with Gasteiger partial charge >= 0.3 is 0 Å². The molecule has 3 heterocycles. The van der Waals surface area contributed by atoms with Gasteiger partial charge in [0, 0.05) is 43.8 Å². The lowest BCUT2D eigenvalue weighted by Crippen LogP contribution is -2.35. The van der Waals surface area contributed by atoms with Crippen molar-refractivity contribution in [1.82, 2.24) is 19.8 Å². The van der Waals surface area contributed by atoms with Crippen LogP contribution in [-0.2, 0) is 31.2 Å². The minimum atomic E-state index is 0.141. The Morgan fingerprint density at radius 2 is 2.26 bits per heavy atom. The number of nitrogens with zero attached hydrogens (tertiary/aromatic N) is 4. The molecule has 7 heteroatoms. The maximum absolute atomic E-state index is 12.7. The SMILES string of the molecule is COc1cccc(-c2noc3c2CN(C(=O)CCc2cnn(C)c2)CC3)c1. The molecule has 4 rings (SSSR count). The maximum atomic E-state index is 12.7. The van der Waals surface area contributed by atoms with Crippen LogP contribution < -0.4 is 4.74 Å². The zero-order valence-corrected chi connectivity index (χ0v) is 15.5. The molecule has 1 aliphatic heterocycles. The lowest BCUT2D eigenvalue weighted by molar-refractivity contribution is -0.132. The van der Waals surface area contributed by atoms with Gasteiger partial charge in [0.1, 0.15) is 17.2 Å². The highest BCUT2D eigenvalue weighted by molar-refractivity contribution is 5.77. The van der Waals surface area contributed by atoms with Crippen LogP contribution in [0, 0.1) is 0 Å². The Balaban J connectivity index is 1.49. The Bertz CT molecular complexity index is 960. The van der Waals surface area contributed by atoms with Crippen LogP contribution in [0.5, 0.6) is 5.75 Å². The Hall–Kier alpha value is -3.09. The molecule has 0 spiro atoms. The molecule has 0 radical (unpaired) electrons. The van der Waals surface area contributed by atoms with E-state index in [1.54, 1.807) is 11.8 Å². The summed E-state index contributed by atoms with van der Waals surface area (Å²) < 4.78 is 12.6. The Morgan fingerprint density at radius 3 is 3.04 bits per heavy atom. The first kappa shape index (κ1) is 17.3. The summed E-state index contributed by atoms with van der Waals surface area (Å²) in [4.78, 5) is 14.6. The van der Waals surface area contributed by atoms with Crippen molar-refractivity contribution >= 4 is 5.91 Å². The number of hydrogen-bond donors (Lipinski definition) is 0. The summed E-state index contributed by atoms with van der Waals surface area (Å²) in [6, 6.07) is 7.73. The third-order valence-corrected chi connectivity index (χ3v) is 4.91. The number of ether oxygens (including phenoxy) is 1. The summed E-state index contributed by atoms with van der Waals surface area (Å²) in [5.41, 5.74) is 3.78. The average Bonchev–Trinajstić information content (AvgIpc) is 3.31. The molecule has 0 saturated carbocycles. The summed E-state index contributed by atoms with van der Waals surface area (Å²) in [7, 11) is 3.52. The highest BCUT2D eigenvalue weighted by Crippen LogP contribution is 2.31. The molecule has 0 fully saturated rings. The second-order valence-corrected chi connectivity index (χ2v) is 6.75. The predicted octanol–water partition coefficient (Wildman–Crippen LogP) is 2.60. The highest BCUT2D eigenvalue weighted by atomic mass is 16.5. The Kier molecular flexibility index (Phi) is 4.66. The van der Waals surface area contributed by atoms with Crippen molar-refractivity contribution in [1.29, 1.82) is 0 Å². The normalized spacial score (nSPS) is 13.5. The van der Waals surface area contributed by atoms with Crippen molar-refractivity contribution < 1.29 is 14.1 Å². The van der Waals surface area contributed by atoms with Gasteiger partial charge in [-0.1, -0.05) is 17.3 Å². The summed E-state index contributed by atoms with van der Waals surface area (Å²) in [5.74, 6) is 1.77. The van der Waals surface area contributed by atoms with Crippen LogP contribution in [0.15, 0.2) is 41.2 Å². The first-order chi connectivity index (χ1) is 13.1. The van der Waals surface area contributed by atoms with E-state index >= 15 is 0 Å². The molecule has 1 amide bonds. The number of amides is 1. The Morgan fingerprint density at radius 1 is 1.37 bits per heavy atom. The van der Waals surface area contributed by atoms with Crippen molar-refractivity contribution in [2.45, 2.75) is 25.8 Å². The van der Waals surface area contributed by atoms with E-state index in [1.807, 2.05) is 48.6 Å². The fraction of sp³-hybridized carbons (Fsp3) is 0.350. The van der Waals surface area contributed by atoms with Gasteiger partial charge in [-0.3, -0.25) is 9.48 Å². The molecule has 0 aliphatic carbocycles. The van der Waals surface area contributed by atoms with Gasteiger partial charge in [0.2, 0.25) is 5.91 Å². The molecule has 7 nitrogen and oxygen atoms in total. The van der Waals surface area contributed by atoms with Crippen molar-refractivity contribution in [3.8, 4) is 17.0 Å². The van der Waals surface area contributed by atoms with E-state index < -0.39 is 0 Å². The zero-order chi connectivity index (χ0) is 18.8. The number of carbonyl (C=O) groups excluding carboxylic acids is 1. The number of benzene rings is 1. The molecule has 140 valence electrons. The topological polar surface area (TPSA) is 73.4 Å². The molecule has 0 N–H and O–H groups in total. The lowest BCUT2D eigenvalue weighted by atomic mass is 10.0. The minimum absolute atomic E-state index is 0.141. The lowest BCUT2D eigenvalue weighted by Gasteiger charge is -2.26. The second-order valence-electron chi connectivity index (χ2n) is 6.75. The third kappa shape index (κ3) is 3.58. The van der Waals surface area contributed by atoms with Crippen LogP contribution in [0.1, 0.15) is 23.3 Å². The molecule has 3 aromatic rings. The number of carbonyl (C=O) groups is 1. The largest absolute Gasteiger partial charge is 0.497 e. The minimum Gasteiger partial charge on any atom is -0.497 e. The summed E-state index contributed by atoms with van der Waals surface area (Å²) in [6.45, 7) is 1.18. The average molecular weight is 366 g/mol. The van der Waals surface area contributed by atoms with E-state index in [9.17, 15) is 4.79 Å². The fourth-order valence-corrected chi connectivity index (χ4v) is 3.43. The second kappa shape index (κ2) is 7.26. The monoisotopic (exact) mass is 366 g/mol. The van der Waals surface area contributed by atoms with E-state index in [0.29, 0.717) is 32.4 Å². The number of rotatable bonds is 5. The van der Waals surface area contributed by atoms with E-state index in [4.69, 9.17) is 9.26 Å². The van der Waals surface area contributed by atoms with Gasteiger partial charge in [-0.25, -0.2) is 0 Å². The van der Waals surface area contributed by atoms with Gasteiger partial charge in [-0.05, 0) is 24.1 Å². The number of fused-ring (bicyclic) bond motifs is 1. The number of aromatic nitrogens is 3. The zero-order valence-electron chi connectivity index (χ0n) is 15.5. The van der Waals surface area contributed by atoms with Gasteiger partial charge < -0.3 is 14.2 Å². The quantitative estimate of drug-likeness (QED) is 0.694. The molecule has 1 aliphatic rings. The van der Waals surface area contributed by atoms with Crippen LogP contribution in [0.3, 0.4) is 0 Å². The molecule has 0 unspecified atom stereocenters. The molecular formula is C20H22N4O3. The standard InChI is InChI=1S/C20H22N4O3/c1-23-12-14(11-21-23)6-7-19(25)24-9-8-18-17(13-24)20(22-27-18)15-4-3-5-16(10-15)26-2/h3-5,10-12H,6-9,13H2,1-2H3. The summed E-state index contributed by atoms with van der Waals surface area (Å²) >= 11 is 0.